The van der Waals surface area contributed by atoms with Crippen molar-refractivity contribution in [1.82, 2.24) is 4.90 Å². The Bertz CT molecular complexity index is 824. The van der Waals surface area contributed by atoms with Gasteiger partial charge in [-0.3, -0.25) is 9.59 Å². The van der Waals surface area contributed by atoms with Crippen molar-refractivity contribution in [2.24, 2.45) is 0 Å². The van der Waals surface area contributed by atoms with E-state index in [1.807, 2.05) is 23.1 Å². The standard InChI is InChI=1S/C22H23NO5/c1-27-22(26)21(25)18-7-9-19(10-8-18)28-15-20(24)23-13-11-17(12-14-23)16-5-3-2-4-6-16/h2-10,17H,11-15H2,1H3. The van der Waals surface area contributed by atoms with Crippen LogP contribution in [0.5, 0.6) is 5.75 Å². The summed E-state index contributed by atoms with van der Waals surface area (Å²) >= 11 is 0. The van der Waals surface area contributed by atoms with Crippen LogP contribution >= 0.6 is 0 Å². The monoisotopic (exact) mass is 381 g/mol. The lowest BCUT2D eigenvalue weighted by Gasteiger charge is -2.32. The summed E-state index contributed by atoms with van der Waals surface area (Å²) in [6.45, 7) is 1.38. The van der Waals surface area contributed by atoms with Gasteiger partial charge in [0.15, 0.2) is 6.61 Å². The number of hydrogen-bond donors (Lipinski definition) is 0. The van der Waals surface area contributed by atoms with Crippen LogP contribution in [0, 0.1) is 0 Å². The van der Waals surface area contributed by atoms with Gasteiger partial charge < -0.3 is 14.4 Å². The zero-order chi connectivity index (χ0) is 19.9. The Morgan fingerprint density at radius 1 is 0.964 bits per heavy atom. The Kier molecular flexibility index (Phi) is 6.42. The number of benzene rings is 2. The number of methoxy groups -OCH3 is 1. The van der Waals surface area contributed by atoms with Crippen molar-refractivity contribution in [3.05, 3.63) is 65.7 Å². The zero-order valence-corrected chi connectivity index (χ0v) is 15.8. The Morgan fingerprint density at radius 2 is 1.61 bits per heavy atom. The van der Waals surface area contributed by atoms with E-state index in [9.17, 15) is 14.4 Å². The highest BCUT2D eigenvalue weighted by atomic mass is 16.5. The van der Waals surface area contributed by atoms with E-state index in [0.717, 1.165) is 20.0 Å². The topological polar surface area (TPSA) is 72.9 Å². The zero-order valence-electron chi connectivity index (χ0n) is 15.8. The average Bonchev–Trinajstić information content (AvgIpc) is 2.77. The van der Waals surface area contributed by atoms with Crippen molar-refractivity contribution < 1.29 is 23.9 Å². The van der Waals surface area contributed by atoms with Crippen LogP contribution in [0.15, 0.2) is 54.6 Å². The molecule has 28 heavy (non-hydrogen) atoms. The minimum Gasteiger partial charge on any atom is -0.484 e. The third kappa shape index (κ3) is 4.76. The van der Waals surface area contributed by atoms with Gasteiger partial charge in [0, 0.05) is 18.7 Å². The summed E-state index contributed by atoms with van der Waals surface area (Å²) in [5.41, 5.74) is 1.54. The predicted molar refractivity (Wildman–Crippen MR) is 103 cm³/mol. The van der Waals surface area contributed by atoms with E-state index in [1.54, 1.807) is 12.1 Å². The van der Waals surface area contributed by atoms with Crippen LogP contribution in [-0.2, 0) is 14.3 Å². The van der Waals surface area contributed by atoms with Gasteiger partial charge in [-0.05, 0) is 48.6 Å². The van der Waals surface area contributed by atoms with Gasteiger partial charge in [-0.1, -0.05) is 30.3 Å². The lowest BCUT2D eigenvalue weighted by atomic mass is 9.89. The summed E-state index contributed by atoms with van der Waals surface area (Å²) in [6.07, 6.45) is 1.89. The minimum atomic E-state index is -0.914. The highest BCUT2D eigenvalue weighted by Crippen LogP contribution is 2.27. The van der Waals surface area contributed by atoms with Crippen molar-refractivity contribution in [2.45, 2.75) is 18.8 Å². The molecule has 1 saturated heterocycles. The molecule has 0 radical (unpaired) electrons. The van der Waals surface area contributed by atoms with Crippen molar-refractivity contribution >= 4 is 17.7 Å². The van der Waals surface area contributed by atoms with Gasteiger partial charge in [0.05, 0.1) is 7.11 Å². The number of nitrogens with zero attached hydrogens (tertiary/aromatic N) is 1. The van der Waals surface area contributed by atoms with Gasteiger partial charge in [-0.15, -0.1) is 0 Å². The fraction of sp³-hybridized carbons (Fsp3) is 0.318. The summed E-state index contributed by atoms with van der Waals surface area (Å²) in [7, 11) is 1.16. The second kappa shape index (κ2) is 9.17. The van der Waals surface area contributed by atoms with Gasteiger partial charge in [-0.25, -0.2) is 4.79 Å². The number of piperidine rings is 1. The maximum Gasteiger partial charge on any atom is 0.379 e. The third-order valence-electron chi connectivity index (χ3n) is 4.97. The van der Waals surface area contributed by atoms with E-state index < -0.39 is 11.8 Å². The lowest BCUT2D eigenvalue weighted by Crippen LogP contribution is -2.40. The molecule has 1 amide bonds. The number of rotatable bonds is 6. The molecule has 146 valence electrons. The lowest BCUT2D eigenvalue weighted by molar-refractivity contribution is -0.135. The van der Waals surface area contributed by atoms with Crippen LogP contribution in [0.1, 0.15) is 34.7 Å². The predicted octanol–water partition coefficient (Wildman–Crippen LogP) is 2.83. The quantitative estimate of drug-likeness (QED) is 0.437. The van der Waals surface area contributed by atoms with E-state index in [4.69, 9.17) is 4.74 Å². The number of hydrogen-bond acceptors (Lipinski definition) is 5. The first-order valence-electron chi connectivity index (χ1n) is 9.26. The van der Waals surface area contributed by atoms with E-state index in [1.165, 1.54) is 17.7 Å². The van der Waals surface area contributed by atoms with Crippen LogP contribution in [0.25, 0.3) is 0 Å². The molecule has 6 heteroatoms. The number of Topliss-reactive ketones (excluding diaryl/α,β-unsaturated/α-hetero) is 1. The second-order valence-electron chi connectivity index (χ2n) is 6.70. The molecule has 0 atom stereocenters. The number of likely N-dealkylation sites (tertiary alicyclic amines) is 1. The third-order valence-corrected chi connectivity index (χ3v) is 4.97. The first-order valence-corrected chi connectivity index (χ1v) is 9.26. The SMILES string of the molecule is COC(=O)C(=O)c1ccc(OCC(=O)N2CCC(c3ccccc3)CC2)cc1. The smallest absolute Gasteiger partial charge is 0.379 e. The molecular weight excluding hydrogens is 358 g/mol. The molecule has 0 saturated carbocycles. The van der Waals surface area contributed by atoms with Crippen LogP contribution < -0.4 is 4.74 Å². The highest BCUT2D eigenvalue weighted by Gasteiger charge is 2.24. The molecular formula is C22H23NO5. The van der Waals surface area contributed by atoms with Crippen LogP contribution in [0.3, 0.4) is 0 Å². The molecule has 0 aliphatic carbocycles. The summed E-state index contributed by atoms with van der Waals surface area (Å²) in [6, 6.07) is 16.5. The average molecular weight is 381 g/mol. The number of esters is 1. The molecule has 0 N–H and O–H groups in total. The van der Waals surface area contributed by atoms with Crippen LogP contribution in [-0.4, -0.2) is 49.4 Å². The second-order valence-corrected chi connectivity index (χ2v) is 6.70. The molecule has 1 heterocycles. The van der Waals surface area contributed by atoms with E-state index in [2.05, 4.69) is 16.9 Å². The minimum absolute atomic E-state index is 0.0544. The number of ether oxygens (including phenoxy) is 2. The molecule has 1 fully saturated rings. The van der Waals surface area contributed by atoms with Crippen LogP contribution in [0.4, 0.5) is 0 Å². The maximum atomic E-state index is 12.4. The van der Waals surface area contributed by atoms with Gasteiger partial charge in [0.2, 0.25) is 0 Å². The Hall–Kier alpha value is -3.15. The summed E-state index contributed by atoms with van der Waals surface area (Å²) in [5.74, 6) is -0.726. The van der Waals surface area contributed by atoms with Crippen molar-refractivity contribution in [1.29, 1.82) is 0 Å². The van der Waals surface area contributed by atoms with Crippen molar-refractivity contribution in [2.75, 3.05) is 26.8 Å². The summed E-state index contributed by atoms with van der Waals surface area (Å²) in [4.78, 5) is 37.2. The molecule has 2 aromatic carbocycles. The van der Waals surface area contributed by atoms with E-state index in [-0.39, 0.29) is 18.1 Å². The largest absolute Gasteiger partial charge is 0.484 e. The van der Waals surface area contributed by atoms with Crippen molar-refractivity contribution in [3.63, 3.8) is 0 Å². The van der Waals surface area contributed by atoms with E-state index in [0.29, 0.717) is 24.8 Å². The molecule has 3 rings (SSSR count). The fourth-order valence-electron chi connectivity index (χ4n) is 3.34. The Balaban J connectivity index is 1.47. The summed E-state index contributed by atoms with van der Waals surface area (Å²) in [5, 5.41) is 0. The first-order chi connectivity index (χ1) is 13.6. The van der Waals surface area contributed by atoms with Crippen molar-refractivity contribution in [3.8, 4) is 5.75 Å². The molecule has 1 aliphatic rings. The van der Waals surface area contributed by atoms with Gasteiger partial charge >= 0.3 is 5.97 Å². The molecule has 0 unspecified atom stereocenters. The Labute approximate surface area is 164 Å². The van der Waals surface area contributed by atoms with Gasteiger partial charge in [-0.2, -0.15) is 0 Å². The molecule has 1 aliphatic heterocycles. The maximum absolute atomic E-state index is 12.4. The van der Waals surface area contributed by atoms with Crippen LogP contribution in [0.2, 0.25) is 0 Å². The number of ketones is 1. The molecule has 6 nitrogen and oxygen atoms in total. The normalized spacial score (nSPS) is 14.4. The molecule has 0 aromatic heterocycles. The van der Waals surface area contributed by atoms with Gasteiger partial charge in [0.1, 0.15) is 5.75 Å². The molecule has 0 bridgehead atoms. The number of amides is 1. The first kappa shape index (κ1) is 19.6. The molecule has 2 aromatic rings. The number of carbonyl (C=O) groups excluding carboxylic acids is 3. The number of carbonyl (C=O) groups is 3. The Morgan fingerprint density at radius 3 is 2.21 bits per heavy atom. The van der Waals surface area contributed by atoms with Gasteiger partial charge in [0.25, 0.3) is 11.7 Å². The molecule has 0 spiro atoms. The summed E-state index contributed by atoms with van der Waals surface area (Å²) < 4.78 is 9.94. The van der Waals surface area contributed by atoms with E-state index >= 15 is 0 Å². The fourth-order valence-corrected chi connectivity index (χ4v) is 3.34. The highest BCUT2D eigenvalue weighted by molar-refractivity contribution is 6.40.